The van der Waals surface area contributed by atoms with Crippen LogP contribution >= 0.6 is 0 Å². The van der Waals surface area contributed by atoms with Crippen LogP contribution in [0.25, 0.3) is 27.9 Å². The Balaban J connectivity index is 1.38. The lowest BCUT2D eigenvalue weighted by Crippen LogP contribution is -2.37. The zero-order valence-corrected chi connectivity index (χ0v) is 23.9. The van der Waals surface area contributed by atoms with E-state index < -0.39 is 0 Å². The number of hydrogen-bond acceptors (Lipinski definition) is 11. The Kier molecular flexibility index (Phi) is 9.64. The first kappa shape index (κ1) is 29.0. The molecule has 5 rings (SSSR count). The molecule has 1 aliphatic heterocycles. The summed E-state index contributed by atoms with van der Waals surface area (Å²) in [6.07, 6.45) is 6.12. The van der Waals surface area contributed by atoms with Crippen molar-refractivity contribution in [2.45, 2.75) is 13.0 Å². The van der Waals surface area contributed by atoms with Crippen LogP contribution in [0.15, 0.2) is 63.6 Å². The summed E-state index contributed by atoms with van der Waals surface area (Å²) in [5, 5.41) is 19.1. The van der Waals surface area contributed by atoms with E-state index in [0.29, 0.717) is 79.4 Å². The largest absolute Gasteiger partial charge is 0.470 e. The Bertz CT molecular complexity index is 1620. The van der Waals surface area contributed by atoms with E-state index in [4.69, 9.17) is 28.6 Å². The molecule has 3 aromatic heterocycles. The molecule has 13 nitrogen and oxygen atoms in total. The van der Waals surface area contributed by atoms with Crippen LogP contribution in [-0.4, -0.2) is 102 Å². The fourth-order valence-corrected chi connectivity index (χ4v) is 4.48. The second-order valence-electron chi connectivity index (χ2n) is 9.44. The molecule has 0 saturated carbocycles. The number of carbonyl (C=O) groups excluding carboxylic acids is 1. The molecule has 0 atom stereocenters. The minimum absolute atomic E-state index is 0.0812. The van der Waals surface area contributed by atoms with Crippen molar-refractivity contribution in [3.8, 4) is 17.4 Å². The van der Waals surface area contributed by atoms with Crippen LogP contribution in [-0.2, 0) is 25.6 Å². The smallest absolute Gasteiger partial charge is 0.253 e. The van der Waals surface area contributed by atoms with E-state index in [1.807, 2.05) is 36.4 Å². The topological polar surface area (TPSA) is 139 Å². The Hall–Kier alpha value is -4.46. The molecule has 0 bridgehead atoms. The molecular formula is C29H33N7O6. The number of benzene rings is 1. The monoisotopic (exact) mass is 575 g/mol. The van der Waals surface area contributed by atoms with Gasteiger partial charge in [0.2, 0.25) is 11.7 Å². The molecule has 0 unspecified atom stereocenters. The molecule has 0 fully saturated rings. The van der Waals surface area contributed by atoms with E-state index in [1.54, 1.807) is 42.9 Å². The SMILES string of the molecule is COCCN(CCOC)C(=O)C1=C/CC/N=C(COc2nn3c(-c4cc(COC)on4)nnc3c3ccccc23)/C=C\1. The Labute approximate surface area is 242 Å². The third-order valence-electron chi connectivity index (χ3n) is 6.59. The average molecular weight is 576 g/mol. The van der Waals surface area contributed by atoms with E-state index in [-0.39, 0.29) is 19.1 Å². The predicted molar refractivity (Wildman–Crippen MR) is 154 cm³/mol. The van der Waals surface area contributed by atoms with Crippen molar-refractivity contribution in [1.29, 1.82) is 0 Å². The van der Waals surface area contributed by atoms with Crippen molar-refractivity contribution >= 4 is 28.0 Å². The summed E-state index contributed by atoms with van der Waals surface area (Å²) in [4.78, 5) is 19.7. The van der Waals surface area contributed by atoms with Crippen LogP contribution in [0, 0.1) is 0 Å². The third-order valence-corrected chi connectivity index (χ3v) is 6.59. The fourth-order valence-electron chi connectivity index (χ4n) is 4.48. The summed E-state index contributed by atoms with van der Waals surface area (Å²) < 4.78 is 28.7. The predicted octanol–water partition coefficient (Wildman–Crippen LogP) is 2.91. The number of nitrogens with zero attached hydrogens (tertiary/aromatic N) is 7. The van der Waals surface area contributed by atoms with Gasteiger partial charge in [0.25, 0.3) is 5.91 Å². The van der Waals surface area contributed by atoms with Crippen molar-refractivity contribution in [3.63, 3.8) is 0 Å². The second kappa shape index (κ2) is 13.9. The highest BCUT2D eigenvalue weighted by atomic mass is 16.5. The van der Waals surface area contributed by atoms with Gasteiger partial charge in [-0.3, -0.25) is 9.79 Å². The molecule has 0 spiro atoms. The maximum absolute atomic E-state index is 13.3. The molecular weight excluding hydrogens is 542 g/mol. The van der Waals surface area contributed by atoms with Gasteiger partial charge in [-0.05, 0) is 24.6 Å². The lowest BCUT2D eigenvalue weighted by molar-refractivity contribution is -0.128. The van der Waals surface area contributed by atoms with Crippen LogP contribution in [0.5, 0.6) is 5.88 Å². The standard InChI is InChI=1S/C29H33N7O6/c1-38-15-13-35(14-16-39-2)29(37)20-7-6-12-30-21(11-10-20)18-41-28-24-9-5-4-8-23(24)26-31-32-27(36(26)33-28)25-17-22(19-40-3)42-34-25/h4-5,7-11,17H,6,12-16,18-19H2,1-3H3/b11-10-,20-7+,30-21-. The molecule has 4 heterocycles. The normalized spacial score (nSPS) is 16.8. The van der Waals surface area contributed by atoms with Gasteiger partial charge < -0.3 is 28.4 Å². The summed E-state index contributed by atoms with van der Waals surface area (Å²) in [6.45, 7) is 2.79. The van der Waals surface area contributed by atoms with Gasteiger partial charge in [-0.15, -0.1) is 15.3 Å². The highest BCUT2D eigenvalue weighted by molar-refractivity contribution is 6.02. The van der Waals surface area contributed by atoms with E-state index in [0.717, 1.165) is 10.8 Å². The first-order valence-corrected chi connectivity index (χ1v) is 13.5. The molecule has 42 heavy (non-hydrogen) atoms. The van der Waals surface area contributed by atoms with E-state index in [9.17, 15) is 4.79 Å². The van der Waals surface area contributed by atoms with E-state index in [1.165, 1.54) is 0 Å². The van der Waals surface area contributed by atoms with Gasteiger partial charge in [0.1, 0.15) is 13.2 Å². The number of hydrogen-bond donors (Lipinski definition) is 0. The summed E-state index contributed by atoms with van der Waals surface area (Å²) >= 11 is 0. The zero-order chi connectivity index (χ0) is 29.3. The van der Waals surface area contributed by atoms with E-state index in [2.05, 4.69) is 20.3 Å². The van der Waals surface area contributed by atoms with Gasteiger partial charge in [-0.1, -0.05) is 29.4 Å². The molecule has 1 aromatic carbocycles. The molecule has 1 aliphatic rings. The van der Waals surface area contributed by atoms with Crippen molar-refractivity contribution in [1.82, 2.24) is 29.9 Å². The fraction of sp³-hybridized carbons (Fsp3) is 0.379. The first-order valence-electron chi connectivity index (χ1n) is 13.5. The molecule has 0 aliphatic carbocycles. The van der Waals surface area contributed by atoms with Gasteiger partial charge in [0.15, 0.2) is 17.1 Å². The van der Waals surface area contributed by atoms with Gasteiger partial charge in [0.05, 0.1) is 18.9 Å². The number of aliphatic imine (C=N–C) groups is 1. The van der Waals surface area contributed by atoms with Gasteiger partial charge in [-0.25, -0.2) is 0 Å². The molecule has 0 saturated heterocycles. The lowest BCUT2D eigenvalue weighted by Gasteiger charge is -2.23. The average Bonchev–Trinajstić information content (AvgIpc) is 3.64. The molecule has 13 heteroatoms. The van der Waals surface area contributed by atoms with Crippen molar-refractivity contribution in [3.05, 3.63) is 59.9 Å². The van der Waals surface area contributed by atoms with Crippen LogP contribution in [0.4, 0.5) is 0 Å². The van der Waals surface area contributed by atoms with Crippen molar-refractivity contribution in [2.24, 2.45) is 4.99 Å². The second-order valence-corrected chi connectivity index (χ2v) is 9.44. The molecule has 4 aromatic rings. The highest BCUT2D eigenvalue weighted by Gasteiger charge is 2.20. The Morgan fingerprint density at radius 2 is 1.79 bits per heavy atom. The first-order chi connectivity index (χ1) is 20.6. The number of fused-ring (bicyclic) bond motifs is 3. The van der Waals surface area contributed by atoms with Gasteiger partial charge >= 0.3 is 0 Å². The number of rotatable bonds is 13. The lowest BCUT2D eigenvalue weighted by atomic mass is 10.1. The number of methoxy groups -OCH3 is 3. The van der Waals surface area contributed by atoms with Crippen LogP contribution in [0.1, 0.15) is 12.2 Å². The van der Waals surface area contributed by atoms with Gasteiger partial charge in [0, 0.05) is 63.4 Å². The minimum atomic E-state index is -0.0812. The summed E-state index contributed by atoms with van der Waals surface area (Å²) in [7, 11) is 4.81. The van der Waals surface area contributed by atoms with Crippen LogP contribution < -0.4 is 4.74 Å². The van der Waals surface area contributed by atoms with Crippen molar-refractivity contribution < 1.29 is 28.3 Å². The summed E-state index contributed by atoms with van der Waals surface area (Å²) in [5.74, 6) is 1.27. The molecule has 1 amide bonds. The number of ether oxygens (including phenoxy) is 4. The van der Waals surface area contributed by atoms with E-state index >= 15 is 0 Å². The Morgan fingerprint density at radius 1 is 1.00 bits per heavy atom. The highest BCUT2D eigenvalue weighted by Crippen LogP contribution is 2.29. The van der Waals surface area contributed by atoms with Crippen LogP contribution in [0.3, 0.4) is 0 Å². The zero-order valence-electron chi connectivity index (χ0n) is 23.9. The Morgan fingerprint density at radius 3 is 2.55 bits per heavy atom. The quantitative estimate of drug-likeness (QED) is 0.234. The van der Waals surface area contributed by atoms with Crippen molar-refractivity contribution in [2.75, 3.05) is 60.8 Å². The number of carbonyl (C=O) groups is 1. The maximum Gasteiger partial charge on any atom is 0.253 e. The molecule has 0 N–H and O–H groups in total. The van der Waals surface area contributed by atoms with Crippen LogP contribution in [0.2, 0.25) is 0 Å². The third kappa shape index (κ3) is 6.54. The number of aromatic nitrogens is 5. The molecule has 220 valence electrons. The molecule has 0 radical (unpaired) electrons. The minimum Gasteiger partial charge on any atom is -0.470 e. The maximum atomic E-state index is 13.3. The summed E-state index contributed by atoms with van der Waals surface area (Å²) in [5.41, 5.74) is 2.32. The van der Waals surface area contributed by atoms with Gasteiger partial charge in [-0.2, -0.15) is 4.52 Å². The summed E-state index contributed by atoms with van der Waals surface area (Å²) in [6, 6.07) is 9.42. The number of amides is 1.